The summed E-state index contributed by atoms with van der Waals surface area (Å²) in [5, 5.41) is 0.882. The van der Waals surface area contributed by atoms with Crippen molar-refractivity contribution in [3.63, 3.8) is 0 Å². The van der Waals surface area contributed by atoms with Crippen molar-refractivity contribution in [3.05, 3.63) is 29.6 Å². The number of H-pyrrole nitrogens is 1. The SMILES string of the molecule is CC(=O)SCCC#Cc1cnc2[nH]cc(C=O)c2c1. The number of carbonyl (C=O) groups excluding carboxylic acids is 2. The molecule has 2 aromatic rings. The number of aromatic nitrogens is 2. The fraction of sp³-hybridized carbons (Fsp3) is 0.214. The van der Waals surface area contributed by atoms with Gasteiger partial charge in [0.2, 0.25) is 0 Å². The first kappa shape index (κ1) is 13.4. The fourth-order valence-electron chi connectivity index (χ4n) is 1.60. The summed E-state index contributed by atoms with van der Waals surface area (Å²) in [7, 11) is 0. The molecular weight excluding hydrogens is 260 g/mol. The third kappa shape index (κ3) is 3.46. The van der Waals surface area contributed by atoms with Crippen LogP contribution >= 0.6 is 11.8 Å². The molecule has 0 bridgehead atoms. The van der Waals surface area contributed by atoms with Crippen LogP contribution < -0.4 is 0 Å². The van der Waals surface area contributed by atoms with Crippen LogP contribution in [-0.4, -0.2) is 27.1 Å². The van der Waals surface area contributed by atoms with Crippen molar-refractivity contribution in [3.8, 4) is 11.8 Å². The number of nitrogens with one attached hydrogen (secondary N) is 1. The third-order valence-corrected chi connectivity index (χ3v) is 3.27. The number of hydrogen-bond acceptors (Lipinski definition) is 4. The van der Waals surface area contributed by atoms with E-state index in [-0.39, 0.29) is 5.12 Å². The average Bonchev–Trinajstić information content (AvgIpc) is 2.80. The Morgan fingerprint density at radius 1 is 1.58 bits per heavy atom. The second-order valence-electron chi connectivity index (χ2n) is 3.87. The lowest BCUT2D eigenvalue weighted by Gasteiger charge is -1.93. The number of thioether (sulfide) groups is 1. The average molecular weight is 272 g/mol. The number of pyridine rings is 1. The molecular formula is C14H12N2O2S. The zero-order valence-corrected chi connectivity index (χ0v) is 11.2. The quantitative estimate of drug-likeness (QED) is 0.529. The Kier molecular flexibility index (Phi) is 4.37. The second kappa shape index (κ2) is 6.21. The Morgan fingerprint density at radius 2 is 2.42 bits per heavy atom. The van der Waals surface area contributed by atoms with Crippen LogP contribution in [0.15, 0.2) is 18.5 Å². The molecule has 2 rings (SSSR count). The highest BCUT2D eigenvalue weighted by molar-refractivity contribution is 8.13. The van der Waals surface area contributed by atoms with Crippen LogP contribution in [-0.2, 0) is 4.79 Å². The van der Waals surface area contributed by atoms with Crippen molar-refractivity contribution in [1.82, 2.24) is 9.97 Å². The highest BCUT2D eigenvalue weighted by atomic mass is 32.2. The number of fused-ring (bicyclic) bond motifs is 1. The Bertz CT molecular complexity index is 680. The Hall–Kier alpha value is -2.06. The van der Waals surface area contributed by atoms with Gasteiger partial charge >= 0.3 is 0 Å². The standard InChI is InChI=1S/C14H12N2O2S/c1-10(18)19-5-3-2-4-11-6-13-12(9-17)8-16-14(13)15-7-11/h6-9H,3,5H2,1H3,(H,15,16). The van der Waals surface area contributed by atoms with Crippen molar-refractivity contribution >= 4 is 34.2 Å². The predicted octanol–water partition coefficient (Wildman–Crippen LogP) is 2.40. The van der Waals surface area contributed by atoms with Gasteiger partial charge in [-0.1, -0.05) is 23.6 Å². The van der Waals surface area contributed by atoms with E-state index in [0.717, 1.165) is 17.2 Å². The molecule has 0 atom stereocenters. The van der Waals surface area contributed by atoms with Gasteiger partial charge in [-0.25, -0.2) is 4.98 Å². The van der Waals surface area contributed by atoms with E-state index in [1.165, 1.54) is 11.8 Å². The maximum atomic E-state index is 10.8. The summed E-state index contributed by atoms with van der Waals surface area (Å²) in [6, 6.07) is 1.84. The predicted molar refractivity (Wildman–Crippen MR) is 76.1 cm³/mol. The maximum absolute atomic E-state index is 10.8. The molecule has 4 nitrogen and oxygen atoms in total. The molecule has 5 heteroatoms. The molecule has 0 aliphatic carbocycles. The molecule has 0 aliphatic heterocycles. The molecule has 0 aliphatic rings. The van der Waals surface area contributed by atoms with Gasteiger partial charge in [0.25, 0.3) is 0 Å². The third-order valence-electron chi connectivity index (χ3n) is 2.46. The molecule has 0 aromatic carbocycles. The fourth-order valence-corrected chi connectivity index (χ4v) is 2.09. The molecule has 2 heterocycles. The second-order valence-corrected chi connectivity index (χ2v) is 5.15. The van der Waals surface area contributed by atoms with E-state index in [9.17, 15) is 9.59 Å². The van der Waals surface area contributed by atoms with Crippen LogP contribution in [0.25, 0.3) is 11.0 Å². The maximum Gasteiger partial charge on any atom is 0.185 e. The monoisotopic (exact) mass is 272 g/mol. The number of carbonyl (C=O) groups is 2. The normalized spacial score (nSPS) is 9.95. The summed E-state index contributed by atoms with van der Waals surface area (Å²) in [6.45, 7) is 1.54. The molecule has 2 aromatic heterocycles. The Labute approximate surface area is 115 Å². The largest absolute Gasteiger partial charge is 0.345 e. The summed E-state index contributed by atoms with van der Waals surface area (Å²) in [5.74, 6) is 6.67. The van der Waals surface area contributed by atoms with Gasteiger partial charge in [-0.3, -0.25) is 9.59 Å². The van der Waals surface area contributed by atoms with Crippen molar-refractivity contribution < 1.29 is 9.59 Å². The molecule has 96 valence electrons. The highest BCUT2D eigenvalue weighted by Crippen LogP contribution is 2.15. The van der Waals surface area contributed by atoms with Gasteiger partial charge in [0, 0.05) is 48.0 Å². The zero-order chi connectivity index (χ0) is 13.7. The molecule has 0 saturated carbocycles. The minimum Gasteiger partial charge on any atom is -0.345 e. The topological polar surface area (TPSA) is 62.8 Å². The minimum absolute atomic E-state index is 0.104. The molecule has 0 spiro atoms. The lowest BCUT2D eigenvalue weighted by molar-refractivity contribution is -0.109. The van der Waals surface area contributed by atoms with Crippen LogP contribution in [0, 0.1) is 11.8 Å². The van der Waals surface area contributed by atoms with Gasteiger partial charge in [-0.2, -0.15) is 0 Å². The van der Waals surface area contributed by atoms with Crippen LogP contribution in [0.3, 0.4) is 0 Å². The van der Waals surface area contributed by atoms with Crippen molar-refractivity contribution in [2.24, 2.45) is 0 Å². The van der Waals surface area contributed by atoms with Crippen molar-refractivity contribution in [2.75, 3.05) is 5.75 Å². The van der Waals surface area contributed by atoms with Gasteiger partial charge in [-0.15, -0.1) is 0 Å². The van der Waals surface area contributed by atoms with Gasteiger partial charge in [-0.05, 0) is 6.07 Å². The van der Waals surface area contributed by atoms with Gasteiger partial charge in [0.1, 0.15) is 5.65 Å². The number of nitrogens with zero attached hydrogens (tertiary/aromatic N) is 1. The van der Waals surface area contributed by atoms with Crippen LogP contribution in [0.1, 0.15) is 29.3 Å². The molecule has 0 amide bonds. The summed E-state index contributed by atoms with van der Waals surface area (Å²) in [4.78, 5) is 28.7. The zero-order valence-electron chi connectivity index (χ0n) is 10.4. The molecule has 19 heavy (non-hydrogen) atoms. The minimum atomic E-state index is 0.104. The van der Waals surface area contributed by atoms with Gasteiger partial charge < -0.3 is 4.98 Å². The molecule has 1 N–H and O–H groups in total. The molecule has 0 unspecified atom stereocenters. The van der Waals surface area contributed by atoms with E-state index in [1.807, 2.05) is 6.07 Å². The molecule has 0 saturated heterocycles. The van der Waals surface area contributed by atoms with Crippen LogP contribution in [0.5, 0.6) is 0 Å². The van der Waals surface area contributed by atoms with E-state index in [2.05, 4.69) is 21.8 Å². The smallest absolute Gasteiger partial charge is 0.185 e. The lowest BCUT2D eigenvalue weighted by atomic mass is 10.2. The van der Waals surface area contributed by atoms with Gasteiger partial charge in [0.15, 0.2) is 11.4 Å². The van der Waals surface area contributed by atoms with Crippen molar-refractivity contribution in [1.29, 1.82) is 0 Å². The summed E-state index contributed by atoms with van der Waals surface area (Å²) in [5.41, 5.74) is 2.03. The first-order chi connectivity index (χ1) is 9.20. The Morgan fingerprint density at radius 3 is 3.16 bits per heavy atom. The van der Waals surface area contributed by atoms with Crippen LogP contribution in [0.2, 0.25) is 0 Å². The van der Waals surface area contributed by atoms with Crippen LogP contribution in [0.4, 0.5) is 0 Å². The summed E-state index contributed by atoms with van der Waals surface area (Å²) >= 11 is 1.27. The first-order valence-electron chi connectivity index (χ1n) is 5.75. The van der Waals surface area contributed by atoms with E-state index >= 15 is 0 Å². The highest BCUT2D eigenvalue weighted by Gasteiger charge is 2.03. The molecule has 0 fully saturated rings. The number of rotatable bonds is 3. The lowest BCUT2D eigenvalue weighted by Crippen LogP contribution is -1.85. The summed E-state index contributed by atoms with van der Waals surface area (Å²) < 4.78 is 0. The molecule has 0 radical (unpaired) electrons. The first-order valence-corrected chi connectivity index (χ1v) is 6.74. The van der Waals surface area contributed by atoms with E-state index in [1.54, 1.807) is 19.3 Å². The summed E-state index contributed by atoms with van der Waals surface area (Å²) in [6.07, 6.45) is 4.74. The number of hydrogen-bond donors (Lipinski definition) is 1. The van der Waals surface area contributed by atoms with E-state index < -0.39 is 0 Å². The number of aromatic amines is 1. The van der Waals surface area contributed by atoms with Gasteiger partial charge in [0.05, 0.1) is 0 Å². The van der Waals surface area contributed by atoms with E-state index in [4.69, 9.17) is 0 Å². The van der Waals surface area contributed by atoms with Crippen molar-refractivity contribution in [2.45, 2.75) is 13.3 Å². The number of aldehydes is 1. The Balaban J connectivity index is 2.10. The van der Waals surface area contributed by atoms with E-state index in [0.29, 0.717) is 23.4 Å².